The normalized spacial score (nSPS) is 10.8. The van der Waals surface area contributed by atoms with Gasteiger partial charge in [-0.3, -0.25) is 4.79 Å². The lowest BCUT2D eigenvalue weighted by Crippen LogP contribution is -2.31. The first-order chi connectivity index (χ1) is 9.61. The van der Waals surface area contributed by atoms with Crippen molar-refractivity contribution in [2.75, 3.05) is 26.0 Å². The summed E-state index contributed by atoms with van der Waals surface area (Å²) in [5, 5.41) is 6.18. The van der Waals surface area contributed by atoms with Crippen LogP contribution in [0.2, 0.25) is 0 Å². The summed E-state index contributed by atoms with van der Waals surface area (Å²) >= 11 is 1.56. The third-order valence-electron chi connectivity index (χ3n) is 2.56. The molecule has 0 aromatic heterocycles. The Morgan fingerprint density at radius 2 is 2.00 bits per heavy atom. The van der Waals surface area contributed by atoms with Crippen LogP contribution in [0, 0.1) is 0 Å². The molecular formula is C15H24N2O2S. The van der Waals surface area contributed by atoms with E-state index >= 15 is 0 Å². The molecule has 20 heavy (non-hydrogen) atoms. The summed E-state index contributed by atoms with van der Waals surface area (Å²) in [7, 11) is 1.70. The highest BCUT2D eigenvalue weighted by molar-refractivity contribution is 8.00. The maximum Gasteiger partial charge on any atom is 0.230 e. The van der Waals surface area contributed by atoms with E-state index in [1.807, 2.05) is 13.8 Å². The van der Waals surface area contributed by atoms with Crippen LogP contribution in [-0.4, -0.2) is 38.0 Å². The number of carbonyl (C=O) groups is 1. The summed E-state index contributed by atoms with van der Waals surface area (Å²) < 4.78 is 4.98. The number of hydrogen-bond donors (Lipinski definition) is 2. The van der Waals surface area contributed by atoms with Gasteiger partial charge in [-0.1, -0.05) is 12.1 Å². The Kier molecular flexibility index (Phi) is 8.34. The number of nitrogens with one attached hydrogen (secondary N) is 2. The first kappa shape index (κ1) is 17.0. The van der Waals surface area contributed by atoms with Gasteiger partial charge in [-0.05, 0) is 31.5 Å². The number of rotatable bonds is 9. The SMILES string of the molecule is COCCNCc1ccc(SCC(=O)NC(C)C)cc1. The van der Waals surface area contributed by atoms with E-state index in [0.29, 0.717) is 5.75 Å². The molecule has 0 radical (unpaired) electrons. The molecule has 112 valence electrons. The van der Waals surface area contributed by atoms with E-state index in [1.54, 1.807) is 18.9 Å². The molecule has 0 spiro atoms. The van der Waals surface area contributed by atoms with Gasteiger partial charge in [0.25, 0.3) is 0 Å². The Morgan fingerprint density at radius 1 is 1.30 bits per heavy atom. The van der Waals surface area contributed by atoms with Crippen LogP contribution in [-0.2, 0) is 16.1 Å². The molecule has 1 aromatic rings. The lowest BCUT2D eigenvalue weighted by atomic mass is 10.2. The fourth-order valence-corrected chi connectivity index (χ4v) is 2.33. The molecule has 0 unspecified atom stereocenters. The standard InChI is InChI=1S/C15H24N2O2S/c1-12(2)17-15(18)11-20-14-6-4-13(5-7-14)10-16-8-9-19-3/h4-7,12,16H,8-11H2,1-3H3,(H,17,18). The van der Waals surface area contributed by atoms with Crippen molar-refractivity contribution in [3.63, 3.8) is 0 Å². The highest BCUT2D eigenvalue weighted by Gasteiger charge is 2.04. The summed E-state index contributed by atoms with van der Waals surface area (Å²) in [4.78, 5) is 12.7. The van der Waals surface area contributed by atoms with Gasteiger partial charge in [0, 0.05) is 31.1 Å². The summed E-state index contributed by atoms with van der Waals surface area (Å²) in [5.41, 5.74) is 1.23. The van der Waals surface area contributed by atoms with Gasteiger partial charge >= 0.3 is 0 Å². The molecule has 1 amide bonds. The lowest BCUT2D eigenvalue weighted by molar-refractivity contribution is -0.119. The topological polar surface area (TPSA) is 50.4 Å². The Bertz CT molecular complexity index is 393. The molecule has 0 bridgehead atoms. The van der Waals surface area contributed by atoms with Crippen molar-refractivity contribution < 1.29 is 9.53 Å². The first-order valence-corrected chi connectivity index (χ1v) is 7.81. The predicted octanol–water partition coefficient (Wildman–Crippen LogP) is 2.04. The molecule has 0 fully saturated rings. The molecule has 0 saturated heterocycles. The molecule has 0 aliphatic rings. The Morgan fingerprint density at radius 3 is 2.60 bits per heavy atom. The summed E-state index contributed by atoms with van der Waals surface area (Å²) in [5.74, 6) is 0.541. The minimum absolute atomic E-state index is 0.0790. The zero-order valence-corrected chi connectivity index (χ0v) is 13.3. The van der Waals surface area contributed by atoms with Crippen molar-refractivity contribution in [3.05, 3.63) is 29.8 Å². The van der Waals surface area contributed by atoms with Gasteiger partial charge in [0.15, 0.2) is 0 Å². The van der Waals surface area contributed by atoms with Gasteiger partial charge in [-0.2, -0.15) is 0 Å². The quantitative estimate of drug-likeness (QED) is 0.541. The minimum Gasteiger partial charge on any atom is -0.383 e. The average molecular weight is 296 g/mol. The van der Waals surface area contributed by atoms with Crippen molar-refractivity contribution in [1.29, 1.82) is 0 Å². The van der Waals surface area contributed by atoms with Crippen LogP contribution in [0.4, 0.5) is 0 Å². The third kappa shape index (κ3) is 7.53. The first-order valence-electron chi connectivity index (χ1n) is 6.82. The van der Waals surface area contributed by atoms with Gasteiger partial charge in [0.1, 0.15) is 0 Å². The number of thioether (sulfide) groups is 1. The average Bonchev–Trinajstić information content (AvgIpc) is 2.42. The van der Waals surface area contributed by atoms with Crippen molar-refractivity contribution in [2.45, 2.75) is 31.3 Å². The van der Waals surface area contributed by atoms with E-state index in [9.17, 15) is 4.79 Å². The van der Waals surface area contributed by atoms with E-state index in [-0.39, 0.29) is 11.9 Å². The third-order valence-corrected chi connectivity index (χ3v) is 3.57. The highest BCUT2D eigenvalue weighted by Crippen LogP contribution is 2.18. The largest absolute Gasteiger partial charge is 0.383 e. The number of methoxy groups -OCH3 is 1. The van der Waals surface area contributed by atoms with Crippen LogP contribution in [0.15, 0.2) is 29.2 Å². The number of carbonyl (C=O) groups excluding carboxylic acids is 1. The second kappa shape index (κ2) is 9.80. The van der Waals surface area contributed by atoms with Crippen LogP contribution < -0.4 is 10.6 Å². The van der Waals surface area contributed by atoms with E-state index in [1.165, 1.54) is 5.56 Å². The van der Waals surface area contributed by atoms with Gasteiger partial charge in [0.2, 0.25) is 5.91 Å². The molecule has 0 aliphatic heterocycles. The van der Waals surface area contributed by atoms with Gasteiger partial charge in [0.05, 0.1) is 12.4 Å². The minimum atomic E-state index is 0.0790. The molecule has 1 aromatic carbocycles. The number of hydrogen-bond acceptors (Lipinski definition) is 4. The Labute approximate surface area is 125 Å². The molecule has 0 aliphatic carbocycles. The van der Waals surface area contributed by atoms with Gasteiger partial charge in [-0.25, -0.2) is 0 Å². The molecular weight excluding hydrogens is 272 g/mol. The van der Waals surface area contributed by atoms with Crippen molar-refractivity contribution >= 4 is 17.7 Å². The summed E-state index contributed by atoms with van der Waals surface area (Å²) in [6.07, 6.45) is 0. The lowest BCUT2D eigenvalue weighted by Gasteiger charge is -2.08. The second-order valence-electron chi connectivity index (χ2n) is 4.82. The zero-order valence-electron chi connectivity index (χ0n) is 12.4. The molecule has 2 N–H and O–H groups in total. The summed E-state index contributed by atoms with van der Waals surface area (Å²) in [6.45, 7) is 6.34. The predicted molar refractivity (Wildman–Crippen MR) is 84.0 cm³/mol. The molecule has 0 atom stereocenters. The Balaban J connectivity index is 2.29. The maximum absolute atomic E-state index is 11.5. The van der Waals surface area contributed by atoms with Crippen LogP contribution in [0.1, 0.15) is 19.4 Å². The van der Waals surface area contributed by atoms with Gasteiger partial charge < -0.3 is 15.4 Å². The van der Waals surface area contributed by atoms with Crippen LogP contribution in [0.25, 0.3) is 0 Å². The van der Waals surface area contributed by atoms with E-state index in [4.69, 9.17) is 4.74 Å². The fraction of sp³-hybridized carbons (Fsp3) is 0.533. The molecule has 1 rings (SSSR count). The molecule has 4 nitrogen and oxygen atoms in total. The second-order valence-corrected chi connectivity index (χ2v) is 5.87. The van der Waals surface area contributed by atoms with E-state index < -0.39 is 0 Å². The van der Waals surface area contributed by atoms with Crippen LogP contribution in [0.5, 0.6) is 0 Å². The maximum atomic E-state index is 11.5. The van der Waals surface area contributed by atoms with Crippen molar-refractivity contribution in [2.24, 2.45) is 0 Å². The zero-order chi connectivity index (χ0) is 14.8. The highest BCUT2D eigenvalue weighted by atomic mass is 32.2. The fourth-order valence-electron chi connectivity index (χ4n) is 1.62. The monoisotopic (exact) mass is 296 g/mol. The number of benzene rings is 1. The number of amides is 1. The van der Waals surface area contributed by atoms with Crippen molar-refractivity contribution in [1.82, 2.24) is 10.6 Å². The summed E-state index contributed by atoms with van der Waals surface area (Å²) in [6, 6.07) is 8.48. The van der Waals surface area contributed by atoms with Gasteiger partial charge in [-0.15, -0.1) is 11.8 Å². The molecule has 0 heterocycles. The smallest absolute Gasteiger partial charge is 0.230 e. The van der Waals surface area contributed by atoms with E-state index in [2.05, 4.69) is 34.9 Å². The Hall–Kier alpha value is -1.04. The van der Waals surface area contributed by atoms with E-state index in [0.717, 1.165) is 24.6 Å². The van der Waals surface area contributed by atoms with Crippen LogP contribution >= 0.6 is 11.8 Å². The van der Waals surface area contributed by atoms with Crippen molar-refractivity contribution in [3.8, 4) is 0 Å². The number of ether oxygens (including phenoxy) is 1. The molecule has 5 heteroatoms. The van der Waals surface area contributed by atoms with Crippen LogP contribution in [0.3, 0.4) is 0 Å². The molecule has 0 saturated carbocycles.